The molecule has 0 aliphatic heterocycles. The maximum absolute atomic E-state index is 11.7. The number of nitrogens with one attached hydrogen (secondary N) is 1. The molecule has 0 aliphatic carbocycles. The molecule has 5 heteroatoms. The summed E-state index contributed by atoms with van der Waals surface area (Å²) in [6.45, 7) is 0.681. The van der Waals surface area contributed by atoms with Gasteiger partial charge in [0.15, 0.2) is 0 Å². The van der Waals surface area contributed by atoms with Crippen LogP contribution in [0.1, 0.15) is 31.2 Å². The van der Waals surface area contributed by atoms with Crippen LogP contribution in [0.2, 0.25) is 0 Å². The zero-order chi connectivity index (χ0) is 13.3. The van der Waals surface area contributed by atoms with Crippen molar-refractivity contribution < 1.29 is 13.5 Å². The van der Waals surface area contributed by atoms with Crippen LogP contribution in [0.3, 0.4) is 0 Å². The van der Waals surface area contributed by atoms with E-state index in [1.54, 1.807) is 12.1 Å². The summed E-state index contributed by atoms with van der Waals surface area (Å²) in [4.78, 5) is 0. The zero-order valence-electron chi connectivity index (χ0n) is 10.5. The molecule has 0 aliphatic rings. The minimum atomic E-state index is -3.23. The Kier molecular flexibility index (Phi) is 6.93. The number of rotatable bonds is 9. The summed E-state index contributed by atoms with van der Waals surface area (Å²) >= 11 is 0. The van der Waals surface area contributed by atoms with Crippen LogP contribution < -0.4 is 4.72 Å². The van der Waals surface area contributed by atoms with Gasteiger partial charge < -0.3 is 5.11 Å². The standard InChI is InChI=1S/C13H21NO3S/c15-11-7-2-1-6-10-14-18(16,17)12-13-8-4-3-5-9-13/h3-5,8-9,14-15H,1-2,6-7,10-12H2. The van der Waals surface area contributed by atoms with Crippen molar-refractivity contribution in [2.45, 2.75) is 31.4 Å². The summed E-state index contributed by atoms with van der Waals surface area (Å²) < 4.78 is 26.1. The van der Waals surface area contributed by atoms with Gasteiger partial charge in [0.1, 0.15) is 0 Å². The maximum atomic E-state index is 11.7. The van der Waals surface area contributed by atoms with E-state index in [1.807, 2.05) is 18.2 Å². The molecule has 0 heterocycles. The fourth-order valence-electron chi connectivity index (χ4n) is 1.66. The van der Waals surface area contributed by atoms with Gasteiger partial charge in [0.2, 0.25) is 10.0 Å². The first-order chi connectivity index (χ1) is 8.64. The Morgan fingerprint density at radius 1 is 1.00 bits per heavy atom. The molecule has 1 aromatic carbocycles. The molecule has 0 amide bonds. The van der Waals surface area contributed by atoms with Gasteiger partial charge in [0, 0.05) is 13.2 Å². The van der Waals surface area contributed by atoms with Crippen LogP contribution in [0.5, 0.6) is 0 Å². The summed E-state index contributed by atoms with van der Waals surface area (Å²) in [6, 6.07) is 9.14. The molecule has 2 N–H and O–H groups in total. The topological polar surface area (TPSA) is 66.4 Å². The summed E-state index contributed by atoms with van der Waals surface area (Å²) in [7, 11) is -3.23. The highest BCUT2D eigenvalue weighted by atomic mass is 32.2. The third-order valence-corrected chi connectivity index (χ3v) is 3.96. The predicted molar refractivity (Wildman–Crippen MR) is 72.6 cm³/mol. The molecule has 102 valence electrons. The fraction of sp³-hybridized carbons (Fsp3) is 0.538. The molecular weight excluding hydrogens is 250 g/mol. The van der Waals surface area contributed by atoms with Crippen LogP contribution in [0, 0.1) is 0 Å². The van der Waals surface area contributed by atoms with Crippen molar-refractivity contribution in [2.75, 3.05) is 13.2 Å². The van der Waals surface area contributed by atoms with Gasteiger partial charge >= 0.3 is 0 Å². The second-order valence-electron chi connectivity index (χ2n) is 4.28. The summed E-state index contributed by atoms with van der Waals surface area (Å²) in [5, 5.41) is 8.60. The van der Waals surface area contributed by atoms with Crippen molar-refractivity contribution in [1.82, 2.24) is 4.72 Å². The van der Waals surface area contributed by atoms with Crippen molar-refractivity contribution in [3.05, 3.63) is 35.9 Å². The van der Waals surface area contributed by atoms with Gasteiger partial charge in [-0.1, -0.05) is 43.2 Å². The minimum absolute atomic E-state index is 0.0322. The number of aliphatic hydroxyl groups excluding tert-OH is 1. The van der Waals surface area contributed by atoms with Crippen LogP contribution >= 0.6 is 0 Å². The zero-order valence-corrected chi connectivity index (χ0v) is 11.3. The SMILES string of the molecule is O=S(=O)(Cc1ccccc1)NCCCCCCO. The number of sulfonamides is 1. The van der Waals surface area contributed by atoms with E-state index in [2.05, 4.69) is 4.72 Å². The molecule has 0 radical (unpaired) electrons. The average molecular weight is 271 g/mol. The molecule has 0 saturated heterocycles. The van der Waals surface area contributed by atoms with E-state index in [-0.39, 0.29) is 12.4 Å². The molecule has 0 bridgehead atoms. The van der Waals surface area contributed by atoms with Gasteiger partial charge in [0.25, 0.3) is 0 Å². The van der Waals surface area contributed by atoms with Gasteiger partial charge in [-0.2, -0.15) is 0 Å². The van der Waals surface area contributed by atoms with Crippen LogP contribution in [0.4, 0.5) is 0 Å². The van der Waals surface area contributed by atoms with E-state index in [0.717, 1.165) is 31.2 Å². The van der Waals surface area contributed by atoms with Crippen LogP contribution in [-0.4, -0.2) is 26.7 Å². The predicted octanol–water partition coefficient (Wildman–Crippen LogP) is 1.66. The monoisotopic (exact) mass is 271 g/mol. The Bertz CT molecular complexity index is 417. The molecular formula is C13H21NO3S. The van der Waals surface area contributed by atoms with E-state index in [4.69, 9.17) is 5.11 Å². The van der Waals surface area contributed by atoms with Gasteiger partial charge in [-0.05, 0) is 18.4 Å². The molecule has 18 heavy (non-hydrogen) atoms. The lowest BCUT2D eigenvalue weighted by atomic mass is 10.2. The second-order valence-corrected chi connectivity index (χ2v) is 6.08. The third kappa shape index (κ3) is 6.74. The van der Waals surface area contributed by atoms with E-state index in [9.17, 15) is 8.42 Å². The number of benzene rings is 1. The van der Waals surface area contributed by atoms with Gasteiger partial charge in [-0.15, -0.1) is 0 Å². The minimum Gasteiger partial charge on any atom is -0.396 e. The Morgan fingerprint density at radius 3 is 2.33 bits per heavy atom. The lowest BCUT2D eigenvalue weighted by molar-refractivity contribution is 0.282. The molecule has 1 rings (SSSR count). The molecule has 0 atom stereocenters. The summed E-state index contributed by atoms with van der Waals surface area (Å²) in [5.74, 6) is 0.0322. The molecule has 4 nitrogen and oxygen atoms in total. The Labute approximate surface area is 109 Å². The van der Waals surface area contributed by atoms with Gasteiger partial charge in [-0.3, -0.25) is 0 Å². The largest absolute Gasteiger partial charge is 0.396 e. The normalized spacial score (nSPS) is 11.6. The van der Waals surface area contributed by atoms with E-state index >= 15 is 0 Å². The first-order valence-corrected chi connectivity index (χ1v) is 7.91. The van der Waals surface area contributed by atoms with Crippen molar-refractivity contribution >= 4 is 10.0 Å². The Balaban J connectivity index is 2.24. The maximum Gasteiger partial charge on any atom is 0.215 e. The first-order valence-electron chi connectivity index (χ1n) is 6.26. The van der Waals surface area contributed by atoms with E-state index in [1.165, 1.54) is 0 Å². The number of aliphatic hydroxyl groups is 1. The Morgan fingerprint density at radius 2 is 1.67 bits per heavy atom. The van der Waals surface area contributed by atoms with Crippen LogP contribution in [-0.2, 0) is 15.8 Å². The highest BCUT2D eigenvalue weighted by molar-refractivity contribution is 7.88. The molecule has 0 aromatic heterocycles. The van der Waals surface area contributed by atoms with Crippen LogP contribution in [0.25, 0.3) is 0 Å². The van der Waals surface area contributed by atoms with Gasteiger partial charge in [-0.25, -0.2) is 13.1 Å². The van der Waals surface area contributed by atoms with E-state index in [0.29, 0.717) is 6.54 Å². The lowest BCUT2D eigenvalue weighted by Gasteiger charge is -2.06. The smallest absolute Gasteiger partial charge is 0.215 e. The molecule has 0 saturated carbocycles. The van der Waals surface area contributed by atoms with Crippen molar-refractivity contribution in [3.8, 4) is 0 Å². The third-order valence-electron chi connectivity index (χ3n) is 2.61. The van der Waals surface area contributed by atoms with Crippen molar-refractivity contribution in [2.24, 2.45) is 0 Å². The van der Waals surface area contributed by atoms with Gasteiger partial charge in [0.05, 0.1) is 5.75 Å². The number of hydrogen-bond acceptors (Lipinski definition) is 3. The van der Waals surface area contributed by atoms with Crippen LogP contribution in [0.15, 0.2) is 30.3 Å². The highest BCUT2D eigenvalue weighted by Gasteiger charge is 2.09. The first kappa shape index (κ1) is 15.1. The Hall–Kier alpha value is -0.910. The summed E-state index contributed by atoms with van der Waals surface area (Å²) in [5.41, 5.74) is 0.797. The fourth-order valence-corrected chi connectivity index (χ4v) is 2.85. The molecule has 1 aromatic rings. The van der Waals surface area contributed by atoms with Crippen molar-refractivity contribution in [3.63, 3.8) is 0 Å². The number of hydrogen-bond donors (Lipinski definition) is 2. The molecule has 0 fully saturated rings. The molecule has 0 spiro atoms. The van der Waals surface area contributed by atoms with E-state index < -0.39 is 10.0 Å². The van der Waals surface area contributed by atoms with Crippen molar-refractivity contribution in [1.29, 1.82) is 0 Å². The quantitative estimate of drug-likeness (QED) is 0.671. The summed E-state index contributed by atoms with van der Waals surface area (Å²) in [6.07, 6.45) is 3.48. The lowest BCUT2D eigenvalue weighted by Crippen LogP contribution is -2.26. The average Bonchev–Trinajstić information content (AvgIpc) is 2.34. The highest BCUT2D eigenvalue weighted by Crippen LogP contribution is 2.04. The second kappa shape index (κ2) is 8.24. The molecule has 0 unspecified atom stereocenters. The number of unbranched alkanes of at least 4 members (excludes halogenated alkanes) is 3.